The predicted molar refractivity (Wildman–Crippen MR) is 232 cm³/mol. The van der Waals surface area contributed by atoms with E-state index in [9.17, 15) is 10.2 Å². The first-order valence-corrected chi connectivity index (χ1v) is 22.7. The van der Waals surface area contributed by atoms with Crippen LogP contribution in [0.15, 0.2) is 48.6 Å². The fourth-order valence-electron chi connectivity index (χ4n) is 6.48. The normalized spacial score (nSPS) is 13.7. The molecule has 306 valence electrons. The molecule has 5 heteroatoms. The van der Waals surface area contributed by atoms with E-state index in [0.29, 0.717) is 13.1 Å². The van der Waals surface area contributed by atoms with Crippen molar-refractivity contribution in [2.75, 3.05) is 46.3 Å². The van der Waals surface area contributed by atoms with Gasteiger partial charge in [-0.05, 0) is 84.1 Å². The van der Waals surface area contributed by atoms with Crippen molar-refractivity contribution in [3.8, 4) is 0 Å². The maximum absolute atomic E-state index is 10.3. The van der Waals surface area contributed by atoms with Gasteiger partial charge in [0.05, 0.1) is 12.2 Å². The first-order chi connectivity index (χ1) is 25.6. The Hall–Kier alpha value is -1.24. The fraction of sp³-hybridized carbons (Fsp3) is 0.830. The highest BCUT2D eigenvalue weighted by Crippen LogP contribution is 2.11. The molecule has 0 aromatic carbocycles. The average Bonchev–Trinajstić information content (AvgIpc) is 3.14. The van der Waals surface area contributed by atoms with Gasteiger partial charge in [-0.3, -0.25) is 0 Å². The molecule has 0 aliphatic rings. The molecule has 0 aromatic rings. The van der Waals surface area contributed by atoms with Gasteiger partial charge in [-0.2, -0.15) is 0 Å². The standard InChI is InChI=1S/C47H91N3O2/c1-4-6-8-10-12-14-16-18-20-22-24-26-28-30-32-34-36-38-46(51)44-48-40-42-50(3)43-41-49-45-47(52)39-37-35-33-31-29-27-25-23-21-19-17-15-13-11-9-7-5-2/h16-19,22-25,46-49,51-52H,4-15,20-21,26-45H2,1-3H3/b18-16-,19-17-,24-22-,25-23-. The number of likely N-dealkylation sites (N-methyl/N-ethyl adjacent to an activating group) is 1. The number of rotatable bonds is 42. The highest BCUT2D eigenvalue weighted by molar-refractivity contribution is 4.93. The Labute approximate surface area is 325 Å². The van der Waals surface area contributed by atoms with Gasteiger partial charge in [0.15, 0.2) is 0 Å². The van der Waals surface area contributed by atoms with Crippen LogP contribution >= 0.6 is 0 Å². The van der Waals surface area contributed by atoms with Crippen LogP contribution in [0.3, 0.4) is 0 Å². The molecule has 5 nitrogen and oxygen atoms in total. The van der Waals surface area contributed by atoms with E-state index in [0.717, 1.165) is 64.7 Å². The van der Waals surface area contributed by atoms with E-state index in [4.69, 9.17) is 0 Å². The van der Waals surface area contributed by atoms with Crippen LogP contribution in [-0.4, -0.2) is 73.6 Å². The maximum atomic E-state index is 10.3. The Morgan fingerprint density at radius 3 is 1.08 bits per heavy atom. The second kappa shape index (κ2) is 44.2. The molecule has 2 atom stereocenters. The molecular formula is C47H91N3O2. The molecule has 0 aliphatic heterocycles. The molecule has 52 heavy (non-hydrogen) atoms. The topological polar surface area (TPSA) is 67.8 Å². The molecule has 4 N–H and O–H groups in total. The van der Waals surface area contributed by atoms with Crippen molar-refractivity contribution in [1.29, 1.82) is 0 Å². The maximum Gasteiger partial charge on any atom is 0.0664 e. The molecule has 2 unspecified atom stereocenters. The van der Waals surface area contributed by atoms with E-state index >= 15 is 0 Å². The Balaban J connectivity index is 3.44. The van der Waals surface area contributed by atoms with Gasteiger partial charge in [0.2, 0.25) is 0 Å². The average molecular weight is 730 g/mol. The van der Waals surface area contributed by atoms with Crippen LogP contribution in [0, 0.1) is 0 Å². The third kappa shape index (κ3) is 43.2. The highest BCUT2D eigenvalue weighted by atomic mass is 16.3. The summed E-state index contributed by atoms with van der Waals surface area (Å²) in [7, 11) is 2.14. The number of hydrogen-bond acceptors (Lipinski definition) is 5. The minimum absolute atomic E-state index is 0.241. The number of nitrogens with one attached hydrogen (secondary N) is 2. The quantitative estimate of drug-likeness (QED) is 0.0372. The molecule has 0 spiro atoms. The van der Waals surface area contributed by atoms with Crippen molar-refractivity contribution in [3.63, 3.8) is 0 Å². The predicted octanol–water partition coefficient (Wildman–Crippen LogP) is 12.0. The van der Waals surface area contributed by atoms with Crippen LogP contribution in [0.25, 0.3) is 0 Å². The molecule has 0 saturated carbocycles. The van der Waals surface area contributed by atoms with Crippen molar-refractivity contribution in [3.05, 3.63) is 48.6 Å². The molecule has 0 saturated heterocycles. The molecule has 0 fully saturated rings. The molecule has 0 amide bonds. The number of aliphatic hydroxyl groups is 2. The van der Waals surface area contributed by atoms with Crippen LogP contribution in [0.5, 0.6) is 0 Å². The van der Waals surface area contributed by atoms with Gasteiger partial charge in [-0.15, -0.1) is 0 Å². The molecule has 0 bridgehead atoms. The summed E-state index contributed by atoms with van der Waals surface area (Å²) in [6, 6.07) is 0. The molecule has 0 aromatic heterocycles. The summed E-state index contributed by atoms with van der Waals surface area (Å²) in [6.07, 6.45) is 53.1. The van der Waals surface area contributed by atoms with Crippen LogP contribution in [0.2, 0.25) is 0 Å². The lowest BCUT2D eigenvalue weighted by Crippen LogP contribution is -2.38. The van der Waals surface area contributed by atoms with Crippen molar-refractivity contribution in [1.82, 2.24) is 15.5 Å². The number of nitrogens with zero attached hydrogens (tertiary/aromatic N) is 1. The van der Waals surface area contributed by atoms with Crippen molar-refractivity contribution >= 4 is 0 Å². The molecule has 0 rings (SSSR count). The van der Waals surface area contributed by atoms with Gasteiger partial charge >= 0.3 is 0 Å². The number of allylic oxidation sites excluding steroid dienone is 8. The summed E-state index contributed by atoms with van der Waals surface area (Å²) in [5.74, 6) is 0. The number of aliphatic hydroxyl groups excluding tert-OH is 2. The van der Waals surface area contributed by atoms with Gasteiger partial charge in [0, 0.05) is 39.3 Å². The summed E-state index contributed by atoms with van der Waals surface area (Å²) in [5.41, 5.74) is 0. The monoisotopic (exact) mass is 730 g/mol. The van der Waals surface area contributed by atoms with E-state index in [1.54, 1.807) is 0 Å². The van der Waals surface area contributed by atoms with E-state index in [2.05, 4.69) is 85.0 Å². The number of hydrogen-bond donors (Lipinski definition) is 4. The minimum atomic E-state index is -0.241. The lowest BCUT2D eigenvalue weighted by molar-refractivity contribution is 0.154. The van der Waals surface area contributed by atoms with Crippen molar-refractivity contribution in [2.24, 2.45) is 0 Å². The van der Waals surface area contributed by atoms with Gasteiger partial charge in [-0.1, -0.05) is 165 Å². The van der Waals surface area contributed by atoms with Crippen LogP contribution in [0.4, 0.5) is 0 Å². The Kier molecular flexibility index (Phi) is 43.1. The molecule has 0 radical (unpaired) electrons. The third-order valence-corrected chi connectivity index (χ3v) is 10.1. The van der Waals surface area contributed by atoms with Gasteiger partial charge in [-0.25, -0.2) is 0 Å². The zero-order chi connectivity index (χ0) is 37.8. The summed E-state index contributed by atoms with van der Waals surface area (Å²) in [6.45, 7) is 9.63. The third-order valence-electron chi connectivity index (χ3n) is 10.1. The summed E-state index contributed by atoms with van der Waals surface area (Å²) < 4.78 is 0. The minimum Gasteiger partial charge on any atom is -0.392 e. The Bertz CT molecular complexity index is 732. The van der Waals surface area contributed by atoms with E-state index in [1.807, 2.05) is 0 Å². The molecule has 0 heterocycles. The van der Waals surface area contributed by atoms with Gasteiger partial charge < -0.3 is 25.7 Å². The van der Waals surface area contributed by atoms with Crippen LogP contribution in [0.1, 0.15) is 194 Å². The van der Waals surface area contributed by atoms with Crippen molar-refractivity contribution < 1.29 is 10.2 Å². The summed E-state index contributed by atoms with van der Waals surface area (Å²) >= 11 is 0. The lowest BCUT2D eigenvalue weighted by Gasteiger charge is -2.19. The molecular weight excluding hydrogens is 639 g/mol. The lowest BCUT2D eigenvalue weighted by atomic mass is 10.1. The second-order valence-corrected chi connectivity index (χ2v) is 15.5. The summed E-state index contributed by atoms with van der Waals surface area (Å²) in [4.78, 5) is 2.31. The largest absolute Gasteiger partial charge is 0.392 e. The van der Waals surface area contributed by atoms with E-state index in [1.165, 1.54) is 141 Å². The molecule has 0 aliphatic carbocycles. The fourth-order valence-corrected chi connectivity index (χ4v) is 6.48. The van der Waals surface area contributed by atoms with E-state index in [-0.39, 0.29) is 12.2 Å². The van der Waals surface area contributed by atoms with Gasteiger partial charge in [0.25, 0.3) is 0 Å². The zero-order valence-electron chi connectivity index (χ0n) is 35.2. The SMILES string of the molecule is CCCCCCC/C=C\C/C=C\CCCCCCCC(O)CNCCN(C)CCNCC(O)CCCCCCC/C=C\C/C=C\CCCCCCC. The van der Waals surface area contributed by atoms with Gasteiger partial charge in [0.1, 0.15) is 0 Å². The summed E-state index contributed by atoms with van der Waals surface area (Å²) in [5, 5.41) is 27.5. The van der Waals surface area contributed by atoms with Crippen LogP contribution < -0.4 is 10.6 Å². The second-order valence-electron chi connectivity index (χ2n) is 15.5. The smallest absolute Gasteiger partial charge is 0.0664 e. The highest BCUT2D eigenvalue weighted by Gasteiger charge is 2.06. The van der Waals surface area contributed by atoms with E-state index < -0.39 is 0 Å². The zero-order valence-corrected chi connectivity index (χ0v) is 35.2. The Morgan fingerprint density at radius 1 is 0.423 bits per heavy atom. The first-order valence-electron chi connectivity index (χ1n) is 22.7. The Morgan fingerprint density at radius 2 is 0.731 bits per heavy atom. The van der Waals surface area contributed by atoms with Crippen molar-refractivity contribution in [2.45, 2.75) is 206 Å². The number of unbranched alkanes of at least 4 members (excludes halogenated alkanes) is 20. The first kappa shape index (κ1) is 50.8. The van der Waals surface area contributed by atoms with Crippen LogP contribution in [-0.2, 0) is 0 Å².